The van der Waals surface area contributed by atoms with Gasteiger partial charge in [-0.15, -0.1) is 0 Å². The maximum atomic E-state index is 12.3. The number of benzene rings is 2. The predicted octanol–water partition coefficient (Wildman–Crippen LogP) is 3.01. The summed E-state index contributed by atoms with van der Waals surface area (Å²) >= 11 is 5.37. The smallest absolute Gasteiger partial charge is 0.349 e. The summed E-state index contributed by atoms with van der Waals surface area (Å²) in [5.41, 5.74) is 5.90. The Morgan fingerprint density at radius 3 is 2.54 bits per heavy atom. The van der Waals surface area contributed by atoms with Gasteiger partial charge >= 0.3 is 5.63 Å². The van der Waals surface area contributed by atoms with E-state index in [-0.39, 0.29) is 22.5 Å². The largest absolute Gasteiger partial charge is 0.422 e. The van der Waals surface area contributed by atoms with Crippen LogP contribution in [-0.2, 0) is 0 Å². The van der Waals surface area contributed by atoms with E-state index in [1.54, 1.807) is 24.3 Å². The molecule has 0 spiro atoms. The van der Waals surface area contributed by atoms with Gasteiger partial charge in [-0.2, -0.15) is 0 Å². The number of anilines is 2. The van der Waals surface area contributed by atoms with Gasteiger partial charge in [-0.25, -0.2) is 4.79 Å². The lowest BCUT2D eigenvalue weighted by Crippen LogP contribution is -2.21. The van der Waals surface area contributed by atoms with Gasteiger partial charge in [0.2, 0.25) is 0 Å². The number of nitrogens with one attached hydrogen (secondary N) is 1. The quantitative estimate of drug-likeness (QED) is 0.432. The van der Waals surface area contributed by atoms with Crippen LogP contribution >= 0.6 is 11.6 Å². The van der Waals surface area contributed by atoms with Crippen LogP contribution in [0.3, 0.4) is 0 Å². The van der Waals surface area contributed by atoms with Gasteiger partial charge in [0.15, 0.2) is 0 Å². The number of carbonyl (C=O) groups is 2. The molecule has 0 aliphatic rings. The molecule has 0 bridgehead atoms. The van der Waals surface area contributed by atoms with Crippen molar-refractivity contribution in [3.05, 3.63) is 70.1 Å². The van der Waals surface area contributed by atoms with E-state index in [1.165, 1.54) is 24.3 Å². The van der Waals surface area contributed by atoms with Gasteiger partial charge in [0.1, 0.15) is 11.1 Å². The number of nitrogen functional groups attached to an aromatic ring is 1. The highest BCUT2D eigenvalue weighted by Gasteiger charge is 2.15. The first-order valence-electron chi connectivity index (χ1n) is 6.89. The number of carbonyl (C=O) groups excluding carboxylic acids is 2. The lowest BCUT2D eigenvalue weighted by molar-refractivity contribution is 0.102. The monoisotopic (exact) mass is 342 g/mol. The van der Waals surface area contributed by atoms with Crippen molar-refractivity contribution in [3.63, 3.8) is 0 Å². The summed E-state index contributed by atoms with van der Waals surface area (Å²) in [6.07, 6.45) is 0. The van der Waals surface area contributed by atoms with E-state index in [9.17, 15) is 14.4 Å². The Hall–Kier alpha value is -3.12. The minimum Gasteiger partial charge on any atom is -0.422 e. The van der Waals surface area contributed by atoms with Gasteiger partial charge in [-0.3, -0.25) is 9.59 Å². The Balaban J connectivity index is 1.94. The Morgan fingerprint density at radius 2 is 1.83 bits per heavy atom. The topological polar surface area (TPSA) is 102 Å². The zero-order valence-electron chi connectivity index (χ0n) is 12.2. The molecule has 0 unspecified atom stereocenters. The Labute approximate surface area is 140 Å². The fourth-order valence-corrected chi connectivity index (χ4v) is 2.33. The van der Waals surface area contributed by atoms with Crippen molar-refractivity contribution in [2.75, 3.05) is 11.1 Å². The van der Waals surface area contributed by atoms with Crippen molar-refractivity contribution in [3.8, 4) is 0 Å². The molecule has 24 heavy (non-hydrogen) atoms. The standard InChI is InChI=1S/C17H11ClN2O4/c18-15(21)10-5-6-13(12(19)8-10)20-16(22)11-7-9-3-1-2-4-14(9)24-17(11)23/h1-8H,19H2,(H,20,22). The summed E-state index contributed by atoms with van der Waals surface area (Å²) in [5.74, 6) is -0.661. The molecule has 0 saturated heterocycles. The van der Waals surface area contributed by atoms with Gasteiger partial charge in [-0.05, 0) is 41.9 Å². The summed E-state index contributed by atoms with van der Waals surface area (Å²) in [6.45, 7) is 0. The maximum absolute atomic E-state index is 12.3. The molecule has 0 aliphatic carbocycles. The third-order valence-electron chi connectivity index (χ3n) is 3.41. The van der Waals surface area contributed by atoms with Crippen molar-refractivity contribution in [1.82, 2.24) is 0 Å². The van der Waals surface area contributed by atoms with Gasteiger partial charge in [-0.1, -0.05) is 18.2 Å². The Kier molecular flexibility index (Phi) is 4.05. The van der Waals surface area contributed by atoms with Crippen LogP contribution in [0, 0.1) is 0 Å². The Bertz CT molecular complexity index is 1030. The van der Waals surface area contributed by atoms with Gasteiger partial charge < -0.3 is 15.5 Å². The average molecular weight is 343 g/mol. The van der Waals surface area contributed by atoms with Crippen molar-refractivity contribution in [2.45, 2.75) is 0 Å². The fourth-order valence-electron chi connectivity index (χ4n) is 2.21. The number of rotatable bonds is 3. The Morgan fingerprint density at radius 1 is 1.08 bits per heavy atom. The van der Waals surface area contributed by atoms with Crippen LogP contribution in [0.2, 0.25) is 0 Å². The highest BCUT2D eigenvalue weighted by Crippen LogP contribution is 2.22. The van der Waals surface area contributed by atoms with Crippen LogP contribution in [0.5, 0.6) is 0 Å². The van der Waals surface area contributed by atoms with E-state index in [4.69, 9.17) is 21.8 Å². The van der Waals surface area contributed by atoms with Crippen LogP contribution in [0.4, 0.5) is 11.4 Å². The molecular formula is C17H11ClN2O4. The molecule has 0 atom stereocenters. The average Bonchev–Trinajstić information content (AvgIpc) is 2.55. The van der Waals surface area contributed by atoms with Gasteiger partial charge in [0.05, 0.1) is 11.4 Å². The fraction of sp³-hybridized carbons (Fsp3) is 0. The lowest BCUT2D eigenvalue weighted by atomic mass is 10.1. The SMILES string of the molecule is Nc1cc(C(=O)Cl)ccc1NC(=O)c1cc2ccccc2oc1=O. The summed E-state index contributed by atoms with van der Waals surface area (Å²) in [4.78, 5) is 35.4. The molecule has 1 amide bonds. The number of para-hydroxylation sites is 1. The number of hydrogen-bond acceptors (Lipinski definition) is 5. The van der Waals surface area contributed by atoms with Crippen molar-refractivity contribution in [2.24, 2.45) is 0 Å². The second-order valence-electron chi connectivity index (χ2n) is 5.02. The number of hydrogen-bond donors (Lipinski definition) is 2. The van der Waals surface area contributed by atoms with E-state index in [0.717, 1.165) is 0 Å². The second-order valence-corrected chi connectivity index (χ2v) is 5.36. The molecule has 3 N–H and O–H groups in total. The van der Waals surface area contributed by atoms with Gasteiger partial charge in [0, 0.05) is 10.9 Å². The number of nitrogens with two attached hydrogens (primary N) is 1. The minimum absolute atomic E-state index is 0.148. The maximum Gasteiger partial charge on any atom is 0.349 e. The summed E-state index contributed by atoms with van der Waals surface area (Å²) in [5, 5.41) is 2.49. The van der Waals surface area contributed by atoms with Crippen LogP contribution in [0.1, 0.15) is 20.7 Å². The third kappa shape index (κ3) is 3.00. The zero-order chi connectivity index (χ0) is 17.3. The molecule has 1 aromatic heterocycles. The van der Waals surface area contributed by atoms with E-state index in [1.807, 2.05) is 0 Å². The second kappa shape index (κ2) is 6.17. The molecule has 2 aromatic carbocycles. The predicted molar refractivity (Wildman–Crippen MR) is 91.5 cm³/mol. The minimum atomic E-state index is -0.752. The first-order valence-corrected chi connectivity index (χ1v) is 7.27. The molecule has 7 heteroatoms. The summed E-state index contributed by atoms with van der Waals surface area (Å²) in [7, 11) is 0. The van der Waals surface area contributed by atoms with E-state index in [0.29, 0.717) is 11.0 Å². The van der Waals surface area contributed by atoms with Crippen molar-refractivity contribution < 1.29 is 14.0 Å². The summed E-state index contributed by atoms with van der Waals surface area (Å²) in [6, 6.07) is 12.5. The van der Waals surface area contributed by atoms with Crippen molar-refractivity contribution in [1.29, 1.82) is 0 Å². The first-order chi connectivity index (χ1) is 11.5. The number of halogens is 1. The summed E-state index contributed by atoms with van der Waals surface area (Å²) < 4.78 is 5.12. The molecule has 3 rings (SSSR count). The highest BCUT2D eigenvalue weighted by molar-refractivity contribution is 6.67. The molecule has 0 radical (unpaired) electrons. The van der Waals surface area contributed by atoms with E-state index >= 15 is 0 Å². The zero-order valence-corrected chi connectivity index (χ0v) is 13.0. The normalized spacial score (nSPS) is 10.5. The molecule has 1 heterocycles. The number of fused-ring (bicyclic) bond motifs is 1. The molecule has 6 nitrogen and oxygen atoms in total. The molecule has 0 fully saturated rings. The molecule has 120 valence electrons. The molecule has 3 aromatic rings. The highest BCUT2D eigenvalue weighted by atomic mass is 35.5. The van der Waals surface area contributed by atoms with E-state index in [2.05, 4.69) is 5.32 Å². The molecule has 0 saturated carbocycles. The van der Waals surface area contributed by atoms with Crippen molar-refractivity contribution >= 4 is 45.1 Å². The molecule has 0 aliphatic heterocycles. The van der Waals surface area contributed by atoms with Crippen LogP contribution in [0.15, 0.2) is 57.7 Å². The molecular weight excluding hydrogens is 332 g/mol. The van der Waals surface area contributed by atoms with Crippen LogP contribution < -0.4 is 16.7 Å². The lowest BCUT2D eigenvalue weighted by Gasteiger charge is -2.08. The van der Waals surface area contributed by atoms with Crippen LogP contribution in [-0.4, -0.2) is 11.1 Å². The van der Waals surface area contributed by atoms with E-state index < -0.39 is 16.8 Å². The number of amides is 1. The third-order valence-corrected chi connectivity index (χ3v) is 3.63. The first kappa shape index (κ1) is 15.8. The van der Waals surface area contributed by atoms with Gasteiger partial charge in [0.25, 0.3) is 11.1 Å². The van der Waals surface area contributed by atoms with Crippen LogP contribution in [0.25, 0.3) is 11.0 Å².